The molecule has 0 spiro atoms. The quantitative estimate of drug-likeness (QED) is 0.815. The summed E-state index contributed by atoms with van der Waals surface area (Å²) in [5.41, 5.74) is -0.309. The molecule has 1 atom stereocenters. The normalized spacial score (nSPS) is 14.4. The van der Waals surface area contributed by atoms with E-state index in [-0.39, 0.29) is 5.75 Å². The summed E-state index contributed by atoms with van der Waals surface area (Å²) < 4.78 is 0. The summed E-state index contributed by atoms with van der Waals surface area (Å²) >= 11 is 0. The van der Waals surface area contributed by atoms with Crippen molar-refractivity contribution in [3.05, 3.63) is 29.8 Å². The molecule has 0 aliphatic rings. The van der Waals surface area contributed by atoms with Crippen molar-refractivity contribution in [1.82, 2.24) is 4.90 Å². The third-order valence-corrected chi connectivity index (χ3v) is 3.51. The summed E-state index contributed by atoms with van der Waals surface area (Å²) in [5, 5.41) is 19.0. The molecular weight excluding hydrogens is 230 g/mol. The van der Waals surface area contributed by atoms with Crippen LogP contribution in [0.5, 0.6) is 5.75 Å². The molecule has 4 heteroatoms. The number of hydrogen-bond acceptors (Lipinski definition) is 3. The van der Waals surface area contributed by atoms with Crippen molar-refractivity contribution in [3.63, 3.8) is 0 Å². The molecule has 0 aliphatic carbocycles. The van der Waals surface area contributed by atoms with Gasteiger partial charge in [0.2, 0.25) is 0 Å². The van der Waals surface area contributed by atoms with Gasteiger partial charge < -0.3 is 10.2 Å². The van der Waals surface area contributed by atoms with E-state index in [0.29, 0.717) is 25.1 Å². The van der Waals surface area contributed by atoms with Gasteiger partial charge in [-0.1, -0.05) is 32.9 Å². The SMILES string of the molecule is CCN(CC)C(CC)(C(=O)O)c1ccc(O)cc1. The molecule has 0 bridgehead atoms. The number of rotatable bonds is 6. The molecule has 0 heterocycles. The Kier molecular flexibility index (Phi) is 4.73. The standard InChI is InChI=1S/C14H21NO3/c1-4-14(13(17)18,15(5-2)6-3)11-7-9-12(16)10-8-11/h7-10,16H,4-6H2,1-3H3,(H,17,18). The number of nitrogens with zero attached hydrogens (tertiary/aromatic N) is 1. The van der Waals surface area contributed by atoms with Gasteiger partial charge in [0.05, 0.1) is 0 Å². The lowest BCUT2D eigenvalue weighted by Gasteiger charge is -2.39. The number of likely N-dealkylation sites (N-methyl/N-ethyl adjacent to an activating group) is 1. The summed E-state index contributed by atoms with van der Waals surface area (Å²) in [5.74, 6) is -0.701. The van der Waals surface area contributed by atoms with E-state index < -0.39 is 11.5 Å². The van der Waals surface area contributed by atoms with E-state index in [9.17, 15) is 15.0 Å². The topological polar surface area (TPSA) is 60.8 Å². The first kappa shape index (κ1) is 14.5. The second-order valence-electron chi connectivity index (χ2n) is 4.24. The van der Waals surface area contributed by atoms with Crippen LogP contribution < -0.4 is 0 Å². The van der Waals surface area contributed by atoms with Crippen molar-refractivity contribution >= 4 is 5.97 Å². The van der Waals surface area contributed by atoms with Crippen LogP contribution in [0.25, 0.3) is 0 Å². The minimum Gasteiger partial charge on any atom is -0.508 e. The molecule has 0 saturated carbocycles. The van der Waals surface area contributed by atoms with E-state index in [2.05, 4.69) is 0 Å². The Hall–Kier alpha value is -1.55. The molecule has 1 unspecified atom stereocenters. The van der Waals surface area contributed by atoms with Crippen molar-refractivity contribution in [2.75, 3.05) is 13.1 Å². The van der Waals surface area contributed by atoms with Crippen molar-refractivity contribution < 1.29 is 15.0 Å². The first-order valence-corrected chi connectivity index (χ1v) is 6.30. The van der Waals surface area contributed by atoms with Gasteiger partial charge in [0, 0.05) is 0 Å². The van der Waals surface area contributed by atoms with Crippen molar-refractivity contribution in [2.24, 2.45) is 0 Å². The minimum atomic E-state index is -1.02. The van der Waals surface area contributed by atoms with Crippen LogP contribution in [-0.4, -0.2) is 34.2 Å². The molecule has 0 radical (unpaired) electrons. The Bertz CT molecular complexity index is 398. The number of aliphatic carboxylic acids is 1. The van der Waals surface area contributed by atoms with Crippen LogP contribution in [0.15, 0.2) is 24.3 Å². The highest BCUT2D eigenvalue weighted by molar-refractivity contribution is 5.80. The molecule has 0 saturated heterocycles. The Morgan fingerprint density at radius 3 is 2.00 bits per heavy atom. The van der Waals surface area contributed by atoms with Gasteiger partial charge in [0.25, 0.3) is 0 Å². The lowest BCUT2D eigenvalue weighted by atomic mass is 9.85. The predicted molar refractivity (Wildman–Crippen MR) is 70.6 cm³/mol. The van der Waals surface area contributed by atoms with Crippen LogP contribution in [0.3, 0.4) is 0 Å². The number of phenolic OH excluding ortho intramolecular Hbond substituents is 1. The van der Waals surface area contributed by atoms with Crippen molar-refractivity contribution in [2.45, 2.75) is 32.7 Å². The zero-order valence-corrected chi connectivity index (χ0v) is 11.2. The molecule has 0 fully saturated rings. The molecule has 0 amide bonds. The molecular formula is C14H21NO3. The van der Waals surface area contributed by atoms with Crippen molar-refractivity contribution in [3.8, 4) is 5.75 Å². The second-order valence-corrected chi connectivity index (χ2v) is 4.24. The number of hydrogen-bond donors (Lipinski definition) is 2. The molecule has 0 aliphatic heterocycles. The van der Waals surface area contributed by atoms with Gasteiger partial charge in [-0.25, -0.2) is 4.79 Å². The molecule has 100 valence electrons. The Balaban J connectivity index is 3.35. The van der Waals surface area contributed by atoms with Crippen LogP contribution in [0.2, 0.25) is 0 Å². The smallest absolute Gasteiger partial charge is 0.328 e. The molecule has 1 aromatic carbocycles. The van der Waals surface area contributed by atoms with E-state index in [1.807, 2.05) is 25.7 Å². The molecule has 1 rings (SSSR count). The molecule has 18 heavy (non-hydrogen) atoms. The van der Waals surface area contributed by atoms with Crippen LogP contribution in [0, 0.1) is 0 Å². The van der Waals surface area contributed by atoms with Crippen LogP contribution in [0.1, 0.15) is 32.8 Å². The third-order valence-electron chi connectivity index (χ3n) is 3.51. The average Bonchev–Trinajstić information content (AvgIpc) is 2.36. The van der Waals surface area contributed by atoms with Gasteiger partial charge in [-0.05, 0) is 37.2 Å². The molecule has 1 aromatic rings. The monoisotopic (exact) mass is 251 g/mol. The van der Waals surface area contributed by atoms with Gasteiger partial charge in [0.1, 0.15) is 11.3 Å². The lowest BCUT2D eigenvalue weighted by molar-refractivity contribution is -0.152. The Morgan fingerprint density at radius 1 is 1.17 bits per heavy atom. The fourth-order valence-electron chi connectivity index (χ4n) is 2.52. The molecule has 4 nitrogen and oxygen atoms in total. The summed E-state index contributed by atoms with van der Waals surface area (Å²) in [6, 6.07) is 6.44. The van der Waals surface area contributed by atoms with Crippen LogP contribution in [0.4, 0.5) is 0 Å². The summed E-state index contributed by atoms with van der Waals surface area (Å²) in [4.78, 5) is 13.7. The van der Waals surface area contributed by atoms with E-state index in [4.69, 9.17) is 0 Å². The van der Waals surface area contributed by atoms with Gasteiger partial charge >= 0.3 is 5.97 Å². The summed E-state index contributed by atoms with van der Waals surface area (Å²) in [7, 11) is 0. The van der Waals surface area contributed by atoms with Gasteiger partial charge in [-0.3, -0.25) is 4.90 Å². The van der Waals surface area contributed by atoms with Crippen molar-refractivity contribution in [1.29, 1.82) is 0 Å². The maximum absolute atomic E-state index is 11.8. The first-order chi connectivity index (χ1) is 8.52. The predicted octanol–water partition coefficient (Wildman–Crippen LogP) is 2.42. The second kappa shape index (κ2) is 5.87. The van der Waals surface area contributed by atoms with E-state index in [1.54, 1.807) is 12.1 Å². The van der Waals surface area contributed by atoms with Crippen LogP contribution >= 0.6 is 0 Å². The Morgan fingerprint density at radius 2 is 1.67 bits per heavy atom. The lowest BCUT2D eigenvalue weighted by Crippen LogP contribution is -2.51. The average molecular weight is 251 g/mol. The number of phenols is 1. The molecule has 0 aromatic heterocycles. The number of carboxylic acid groups (broad SMARTS) is 1. The minimum absolute atomic E-state index is 0.147. The first-order valence-electron chi connectivity index (χ1n) is 6.30. The maximum atomic E-state index is 11.8. The number of benzene rings is 1. The van der Waals surface area contributed by atoms with Gasteiger partial charge in [-0.2, -0.15) is 0 Å². The maximum Gasteiger partial charge on any atom is 0.328 e. The largest absolute Gasteiger partial charge is 0.508 e. The zero-order chi connectivity index (χ0) is 13.8. The van der Waals surface area contributed by atoms with E-state index in [1.165, 1.54) is 12.1 Å². The van der Waals surface area contributed by atoms with E-state index >= 15 is 0 Å². The van der Waals surface area contributed by atoms with Gasteiger partial charge in [-0.15, -0.1) is 0 Å². The highest BCUT2D eigenvalue weighted by atomic mass is 16.4. The Labute approximate surface area is 108 Å². The van der Waals surface area contributed by atoms with Gasteiger partial charge in [0.15, 0.2) is 0 Å². The number of aromatic hydroxyl groups is 1. The highest BCUT2D eigenvalue weighted by Crippen LogP contribution is 2.33. The fraction of sp³-hybridized carbons (Fsp3) is 0.500. The van der Waals surface area contributed by atoms with E-state index in [0.717, 1.165) is 0 Å². The fourth-order valence-corrected chi connectivity index (χ4v) is 2.52. The number of carbonyl (C=O) groups is 1. The zero-order valence-electron chi connectivity index (χ0n) is 11.2. The summed E-state index contributed by atoms with van der Waals surface area (Å²) in [6.07, 6.45) is 0.481. The number of carboxylic acids is 1. The highest BCUT2D eigenvalue weighted by Gasteiger charge is 2.43. The summed E-state index contributed by atoms with van der Waals surface area (Å²) in [6.45, 7) is 7.11. The van der Waals surface area contributed by atoms with Crippen LogP contribution in [-0.2, 0) is 10.3 Å². The molecule has 2 N–H and O–H groups in total. The third kappa shape index (κ3) is 2.34.